The van der Waals surface area contributed by atoms with Gasteiger partial charge in [0.25, 0.3) is 0 Å². The van der Waals surface area contributed by atoms with E-state index in [4.69, 9.17) is 0 Å². The van der Waals surface area contributed by atoms with Crippen LogP contribution in [0.2, 0.25) is 0 Å². The number of hydrogen-bond donors (Lipinski definition) is 1. The maximum atomic E-state index is 13.6. The lowest BCUT2D eigenvalue weighted by Gasteiger charge is -2.60. The van der Waals surface area contributed by atoms with Gasteiger partial charge in [-0.3, -0.25) is 9.59 Å². The number of fused-ring (bicyclic) bond motifs is 5. The van der Waals surface area contributed by atoms with Crippen molar-refractivity contribution in [3.63, 3.8) is 0 Å². The van der Waals surface area contributed by atoms with Gasteiger partial charge >= 0.3 is 0 Å². The second-order valence-corrected chi connectivity index (χ2v) is 12.2. The van der Waals surface area contributed by atoms with E-state index >= 15 is 0 Å². The van der Waals surface area contributed by atoms with E-state index in [1.807, 2.05) is 42.3 Å². The molecule has 7 atom stereocenters. The van der Waals surface area contributed by atoms with Gasteiger partial charge in [0, 0.05) is 30.1 Å². The molecule has 1 heterocycles. The molecule has 2 aromatic rings. The lowest BCUT2D eigenvalue weighted by molar-refractivity contribution is -0.141. The van der Waals surface area contributed by atoms with Gasteiger partial charge in [0.2, 0.25) is 11.8 Å². The smallest absolute Gasteiger partial charge is 0.246 e. The van der Waals surface area contributed by atoms with E-state index in [0.29, 0.717) is 23.8 Å². The van der Waals surface area contributed by atoms with Crippen molar-refractivity contribution in [1.29, 1.82) is 0 Å². The Morgan fingerprint density at radius 1 is 0.889 bits per heavy atom. The molecule has 3 aliphatic carbocycles. The summed E-state index contributed by atoms with van der Waals surface area (Å²) in [6, 6.07) is 18.9. The zero-order valence-corrected chi connectivity index (χ0v) is 21.7. The number of carbonyl (C=O) groups is 2. The monoisotopic (exact) mass is 482 g/mol. The summed E-state index contributed by atoms with van der Waals surface area (Å²) in [5, 5.41) is 3.26. The standard InChI is InChI=1S/C32H38N2O2/c1-31-19-17-26-24(13-16-28-32(26,2)20-18-29(35)34(28)3)25(31)14-15-27(31)30(36)33-23-11-9-22(10-12-23)21-7-5-4-6-8-21/h4-12,18,20,24-28H,13-17,19H2,1-3H3,(H,33,36)/t24-,25-,26-,27+,28+,31-,32+/m0/s1. The predicted molar refractivity (Wildman–Crippen MR) is 144 cm³/mol. The largest absolute Gasteiger partial charge is 0.338 e. The van der Waals surface area contributed by atoms with E-state index in [9.17, 15) is 9.59 Å². The molecule has 0 bridgehead atoms. The van der Waals surface area contributed by atoms with Gasteiger partial charge in [-0.25, -0.2) is 0 Å². The molecule has 3 fully saturated rings. The number of rotatable bonds is 3. The van der Waals surface area contributed by atoms with Crippen molar-refractivity contribution in [3.8, 4) is 11.1 Å². The summed E-state index contributed by atoms with van der Waals surface area (Å²) in [5.41, 5.74) is 3.33. The highest BCUT2D eigenvalue weighted by Crippen LogP contribution is 2.65. The van der Waals surface area contributed by atoms with E-state index in [0.717, 1.165) is 43.4 Å². The van der Waals surface area contributed by atoms with Crippen LogP contribution in [-0.2, 0) is 9.59 Å². The number of anilines is 1. The first-order chi connectivity index (χ1) is 17.3. The molecule has 1 aliphatic heterocycles. The number of nitrogens with zero attached hydrogens (tertiary/aromatic N) is 1. The van der Waals surface area contributed by atoms with Crippen molar-refractivity contribution in [2.75, 3.05) is 12.4 Å². The Kier molecular flexibility index (Phi) is 5.62. The van der Waals surface area contributed by atoms with Crippen LogP contribution in [-0.4, -0.2) is 29.8 Å². The first-order valence-corrected chi connectivity index (χ1v) is 13.7. The van der Waals surface area contributed by atoms with Crippen LogP contribution in [0.1, 0.15) is 52.4 Å². The molecule has 2 aromatic carbocycles. The fourth-order valence-corrected chi connectivity index (χ4v) is 8.78. The molecule has 0 saturated heterocycles. The number of amides is 2. The Labute approximate surface area is 215 Å². The maximum absolute atomic E-state index is 13.6. The summed E-state index contributed by atoms with van der Waals surface area (Å²) >= 11 is 0. The molecule has 3 saturated carbocycles. The van der Waals surface area contributed by atoms with Crippen LogP contribution in [0.5, 0.6) is 0 Å². The Morgan fingerprint density at radius 3 is 2.36 bits per heavy atom. The molecule has 4 heteroatoms. The molecule has 6 rings (SSSR count). The average molecular weight is 483 g/mol. The van der Waals surface area contributed by atoms with Crippen molar-refractivity contribution in [2.45, 2.75) is 58.4 Å². The zero-order chi connectivity index (χ0) is 25.1. The first kappa shape index (κ1) is 23.5. The van der Waals surface area contributed by atoms with Crippen LogP contribution in [0.15, 0.2) is 66.7 Å². The van der Waals surface area contributed by atoms with Gasteiger partial charge in [0.1, 0.15) is 0 Å². The fraction of sp³-hybridized carbons (Fsp3) is 0.500. The summed E-state index contributed by atoms with van der Waals surface area (Å²) in [6.45, 7) is 4.78. The highest BCUT2D eigenvalue weighted by atomic mass is 16.2. The fourth-order valence-electron chi connectivity index (χ4n) is 8.78. The van der Waals surface area contributed by atoms with Crippen molar-refractivity contribution >= 4 is 17.5 Å². The highest BCUT2D eigenvalue weighted by Gasteiger charge is 2.61. The third-order valence-corrected chi connectivity index (χ3v) is 10.7. The quantitative estimate of drug-likeness (QED) is 0.539. The van der Waals surface area contributed by atoms with Crippen LogP contribution < -0.4 is 5.32 Å². The average Bonchev–Trinajstić information content (AvgIpc) is 3.25. The number of carbonyl (C=O) groups excluding carboxylic acids is 2. The molecule has 4 nitrogen and oxygen atoms in total. The van der Waals surface area contributed by atoms with Crippen molar-refractivity contribution in [3.05, 3.63) is 66.7 Å². The Bertz CT molecular complexity index is 1190. The number of benzene rings is 2. The summed E-state index contributed by atoms with van der Waals surface area (Å²) in [4.78, 5) is 27.9. The van der Waals surface area contributed by atoms with Crippen molar-refractivity contribution in [2.24, 2.45) is 34.5 Å². The molecule has 0 spiro atoms. The molecule has 0 aromatic heterocycles. The Hall–Kier alpha value is -2.88. The predicted octanol–water partition coefficient (Wildman–Crippen LogP) is 6.55. The van der Waals surface area contributed by atoms with Crippen molar-refractivity contribution in [1.82, 2.24) is 4.90 Å². The second kappa shape index (κ2) is 8.61. The van der Waals surface area contributed by atoms with E-state index < -0.39 is 0 Å². The molecule has 2 amide bonds. The molecule has 1 N–H and O–H groups in total. The molecular formula is C32H38N2O2. The van der Waals surface area contributed by atoms with Crippen LogP contribution in [0.4, 0.5) is 5.69 Å². The van der Waals surface area contributed by atoms with Crippen molar-refractivity contribution < 1.29 is 9.59 Å². The van der Waals surface area contributed by atoms with Gasteiger partial charge in [-0.05, 0) is 91.0 Å². The highest BCUT2D eigenvalue weighted by molar-refractivity contribution is 5.93. The molecular weight excluding hydrogens is 444 g/mol. The lowest BCUT2D eigenvalue weighted by Crippen LogP contribution is -2.59. The van der Waals surface area contributed by atoms with Gasteiger partial charge in [-0.15, -0.1) is 0 Å². The summed E-state index contributed by atoms with van der Waals surface area (Å²) < 4.78 is 0. The Balaban J connectivity index is 1.18. The van der Waals surface area contributed by atoms with Gasteiger partial charge in [0.15, 0.2) is 0 Å². The minimum atomic E-state index is 0.0494. The van der Waals surface area contributed by atoms with Crippen LogP contribution in [0.25, 0.3) is 11.1 Å². The second-order valence-electron chi connectivity index (χ2n) is 12.2. The minimum Gasteiger partial charge on any atom is -0.338 e. The topological polar surface area (TPSA) is 49.4 Å². The summed E-state index contributed by atoms with van der Waals surface area (Å²) in [6.07, 6.45) is 10.6. The molecule has 4 aliphatic rings. The third kappa shape index (κ3) is 3.55. The van der Waals surface area contributed by atoms with E-state index in [1.165, 1.54) is 12.0 Å². The van der Waals surface area contributed by atoms with Crippen LogP contribution in [0, 0.1) is 34.5 Å². The van der Waals surface area contributed by atoms with Gasteiger partial charge in [-0.1, -0.05) is 62.4 Å². The van der Waals surface area contributed by atoms with E-state index in [2.05, 4.69) is 49.5 Å². The number of nitrogens with one attached hydrogen (secondary N) is 1. The maximum Gasteiger partial charge on any atom is 0.246 e. The molecule has 188 valence electrons. The minimum absolute atomic E-state index is 0.0494. The summed E-state index contributed by atoms with van der Waals surface area (Å²) in [5.74, 6) is 2.21. The molecule has 0 unspecified atom stereocenters. The summed E-state index contributed by atoms with van der Waals surface area (Å²) in [7, 11) is 1.98. The van der Waals surface area contributed by atoms with Crippen LogP contribution in [0.3, 0.4) is 0 Å². The number of hydrogen-bond acceptors (Lipinski definition) is 2. The zero-order valence-electron chi connectivity index (χ0n) is 21.7. The Morgan fingerprint density at radius 2 is 1.61 bits per heavy atom. The van der Waals surface area contributed by atoms with E-state index in [-0.39, 0.29) is 28.6 Å². The third-order valence-electron chi connectivity index (χ3n) is 10.7. The van der Waals surface area contributed by atoms with Gasteiger partial charge < -0.3 is 10.2 Å². The molecule has 0 radical (unpaired) electrons. The molecule has 36 heavy (non-hydrogen) atoms. The van der Waals surface area contributed by atoms with Gasteiger partial charge in [0.05, 0.1) is 0 Å². The normalized spacial score (nSPS) is 37.1. The van der Waals surface area contributed by atoms with E-state index in [1.54, 1.807) is 6.08 Å². The number of likely N-dealkylation sites (N-methyl/N-ethyl adjacent to an activating group) is 1. The SMILES string of the molecule is CN1C(=O)C=C[C@]2(C)[C@H]3CC[C@]4(C)[C@@H](C(=O)Nc5ccc(-c6ccccc6)cc5)CC[C@H]4[C@@H]3CC[C@@H]12. The van der Waals surface area contributed by atoms with Gasteiger partial charge in [-0.2, -0.15) is 0 Å². The lowest BCUT2D eigenvalue weighted by atomic mass is 9.47. The van der Waals surface area contributed by atoms with Crippen LogP contribution >= 0.6 is 0 Å². The first-order valence-electron chi connectivity index (χ1n) is 13.7.